The van der Waals surface area contributed by atoms with Crippen LogP contribution in [-0.4, -0.2) is 24.4 Å². The Labute approximate surface area is 172 Å². The highest BCUT2D eigenvalue weighted by molar-refractivity contribution is 7.54. The summed E-state index contributed by atoms with van der Waals surface area (Å²) in [5, 5.41) is 0. The van der Waals surface area contributed by atoms with Crippen LogP contribution in [0.3, 0.4) is 0 Å². The van der Waals surface area contributed by atoms with E-state index in [4.69, 9.17) is 9.05 Å². The molecule has 0 spiro atoms. The zero-order chi connectivity index (χ0) is 20.1. The topological polar surface area (TPSA) is 38.8 Å². The molecule has 1 fully saturated rings. The summed E-state index contributed by atoms with van der Waals surface area (Å²) < 4.78 is 25.1. The first kappa shape index (κ1) is 20.1. The molecule has 5 heteroatoms. The quantitative estimate of drug-likeness (QED) is 0.494. The molecule has 4 rings (SSSR count). The predicted molar refractivity (Wildman–Crippen MR) is 116 cm³/mol. The number of nitrogens with zero attached hydrogens (tertiary/aromatic N) is 1. The van der Waals surface area contributed by atoms with Gasteiger partial charge in [0, 0.05) is 13.7 Å². The zero-order valence-corrected chi connectivity index (χ0v) is 17.4. The lowest BCUT2D eigenvalue weighted by Gasteiger charge is -2.45. The van der Waals surface area contributed by atoms with Crippen molar-refractivity contribution in [1.82, 2.24) is 4.90 Å². The standard InChI is InChI=1S/C24H26NO3P/c1-27-29(26)24(17-20-11-5-2-6-12-20)25(18-21-13-7-3-8-14-21)23(19-28-29)22-15-9-4-10-16-22/h2-16,23-24H,17-19H2,1H3/t23-,24-,29?/m0/s1. The maximum atomic E-state index is 13.6. The molecule has 3 aromatic rings. The van der Waals surface area contributed by atoms with E-state index >= 15 is 0 Å². The Balaban J connectivity index is 1.74. The number of benzene rings is 3. The van der Waals surface area contributed by atoms with Crippen LogP contribution in [0.25, 0.3) is 0 Å². The highest BCUT2D eigenvalue weighted by atomic mass is 31.2. The van der Waals surface area contributed by atoms with Crippen molar-refractivity contribution in [3.05, 3.63) is 108 Å². The van der Waals surface area contributed by atoms with Gasteiger partial charge in [-0.3, -0.25) is 9.46 Å². The fraction of sp³-hybridized carbons (Fsp3) is 0.250. The SMILES string of the molecule is COP1(=O)OC[C@@H](c2ccccc2)N(Cc2ccccc2)[C@@H]1Cc1ccccc1. The van der Waals surface area contributed by atoms with E-state index < -0.39 is 7.60 Å². The monoisotopic (exact) mass is 407 g/mol. The summed E-state index contributed by atoms with van der Waals surface area (Å²) in [6.07, 6.45) is 0.599. The lowest BCUT2D eigenvalue weighted by molar-refractivity contribution is 0.0478. The van der Waals surface area contributed by atoms with Crippen molar-refractivity contribution >= 4 is 7.60 Å². The van der Waals surface area contributed by atoms with E-state index in [1.165, 1.54) is 12.7 Å². The van der Waals surface area contributed by atoms with Gasteiger partial charge in [0.1, 0.15) is 5.78 Å². The third-order valence-corrected chi connectivity index (χ3v) is 7.70. The Kier molecular flexibility index (Phi) is 6.27. The third kappa shape index (κ3) is 4.52. The predicted octanol–water partition coefficient (Wildman–Crippen LogP) is 5.67. The Morgan fingerprint density at radius 3 is 2.03 bits per heavy atom. The first-order chi connectivity index (χ1) is 14.2. The normalized spacial score (nSPS) is 25.0. The van der Waals surface area contributed by atoms with Crippen molar-refractivity contribution in [1.29, 1.82) is 0 Å². The molecule has 0 aromatic heterocycles. The molecule has 3 aromatic carbocycles. The molecule has 29 heavy (non-hydrogen) atoms. The van der Waals surface area contributed by atoms with Gasteiger partial charge in [0.05, 0.1) is 12.6 Å². The van der Waals surface area contributed by atoms with E-state index in [1.54, 1.807) is 0 Å². The summed E-state index contributed by atoms with van der Waals surface area (Å²) in [6.45, 7) is 1.02. The molecule has 0 N–H and O–H groups in total. The first-order valence-electron chi connectivity index (χ1n) is 9.88. The Hall–Kier alpha value is -2.23. The van der Waals surface area contributed by atoms with Crippen molar-refractivity contribution in [2.24, 2.45) is 0 Å². The van der Waals surface area contributed by atoms with Gasteiger partial charge in [-0.05, 0) is 23.1 Å². The van der Waals surface area contributed by atoms with Gasteiger partial charge in [0.2, 0.25) is 0 Å². The zero-order valence-electron chi connectivity index (χ0n) is 16.6. The number of rotatable bonds is 6. The van der Waals surface area contributed by atoms with Gasteiger partial charge in [-0.25, -0.2) is 0 Å². The van der Waals surface area contributed by atoms with Crippen LogP contribution < -0.4 is 0 Å². The molecule has 0 bridgehead atoms. The second kappa shape index (κ2) is 9.06. The molecule has 1 aliphatic rings. The minimum Gasteiger partial charge on any atom is -0.311 e. The molecule has 1 saturated heterocycles. The second-order valence-corrected chi connectivity index (χ2v) is 9.57. The Morgan fingerprint density at radius 1 is 0.897 bits per heavy atom. The lowest BCUT2D eigenvalue weighted by Crippen LogP contribution is -2.45. The highest BCUT2D eigenvalue weighted by Crippen LogP contribution is 2.59. The van der Waals surface area contributed by atoms with Crippen LogP contribution in [-0.2, 0) is 26.6 Å². The van der Waals surface area contributed by atoms with Crippen LogP contribution in [0.1, 0.15) is 22.7 Å². The fourth-order valence-electron chi connectivity index (χ4n) is 3.95. The van der Waals surface area contributed by atoms with Crippen molar-refractivity contribution in [2.75, 3.05) is 13.7 Å². The first-order valence-corrected chi connectivity index (χ1v) is 11.5. The average Bonchev–Trinajstić information content (AvgIpc) is 2.78. The summed E-state index contributed by atoms with van der Waals surface area (Å²) >= 11 is 0. The van der Waals surface area contributed by atoms with Crippen LogP contribution in [0.4, 0.5) is 0 Å². The Bertz CT molecular complexity index is 950. The van der Waals surface area contributed by atoms with Crippen LogP contribution >= 0.6 is 7.60 Å². The summed E-state index contributed by atoms with van der Waals surface area (Å²) in [5.74, 6) is -0.367. The molecule has 1 unspecified atom stereocenters. The van der Waals surface area contributed by atoms with Crippen LogP contribution in [0.2, 0.25) is 0 Å². The van der Waals surface area contributed by atoms with Gasteiger partial charge < -0.3 is 9.05 Å². The largest absolute Gasteiger partial charge is 0.347 e. The van der Waals surface area contributed by atoms with E-state index in [9.17, 15) is 4.57 Å². The van der Waals surface area contributed by atoms with Crippen molar-refractivity contribution < 1.29 is 13.6 Å². The lowest BCUT2D eigenvalue weighted by atomic mass is 10.0. The van der Waals surface area contributed by atoms with Gasteiger partial charge in [0.15, 0.2) is 0 Å². The van der Waals surface area contributed by atoms with E-state index in [0.29, 0.717) is 19.6 Å². The van der Waals surface area contributed by atoms with Crippen molar-refractivity contribution in [3.8, 4) is 0 Å². The van der Waals surface area contributed by atoms with Gasteiger partial charge in [-0.15, -0.1) is 0 Å². The number of hydrogen-bond donors (Lipinski definition) is 0. The van der Waals surface area contributed by atoms with E-state index in [0.717, 1.165) is 11.1 Å². The minimum atomic E-state index is -3.29. The van der Waals surface area contributed by atoms with Gasteiger partial charge >= 0.3 is 7.60 Å². The summed E-state index contributed by atoms with van der Waals surface area (Å²) in [4.78, 5) is 2.30. The molecule has 0 radical (unpaired) electrons. The second-order valence-electron chi connectivity index (χ2n) is 7.27. The van der Waals surface area contributed by atoms with Crippen molar-refractivity contribution in [3.63, 3.8) is 0 Å². The van der Waals surface area contributed by atoms with Gasteiger partial charge in [0.25, 0.3) is 0 Å². The highest BCUT2D eigenvalue weighted by Gasteiger charge is 2.47. The Morgan fingerprint density at radius 2 is 1.45 bits per heavy atom. The molecule has 1 heterocycles. The molecule has 0 aliphatic carbocycles. The van der Waals surface area contributed by atoms with Crippen LogP contribution in [0.15, 0.2) is 91.0 Å². The third-order valence-electron chi connectivity index (χ3n) is 5.47. The molecular weight excluding hydrogens is 381 g/mol. The molecule has 150 valence electrons. The maximum Gasteiger partial charge on any atom is 0.347 e. The fourth-order valence-corrected chi connectivity index (χ4v) is 5.86. The molecule has 3 atom stereocenters. The molecular formula is C24H26NO3P. The molecule has 0 saturated carbocycles. The van der Waals surface area contributed by atoms with Crippen LogP contribution in [0, 0.1) is 0 Å². The van der Waals surface area contributed by atoms with Gasteiger partial charge in [-0.2, -0.15) is 0 Å². The molecule has 1 aliphatic heterocycles. The van der Waals surface area contributed by atoms with Crippen LogP contribution in [0.5, 0.6) is 0 Å². The van der Waals surface area contributed by atoms with Crippen molar-refractivity contribution in [2.45, 2.75) is 24.8 Å². The minimum absolute atomic E-state index is 0.00217. The molecule has 0 amide bonds. The maximum absolute atomic E-state index is 13.6. The van der Waals surface area contributed by atoms with E-state index in [-0.39, 0.29) is 11.8 Å². The van der Waals surface area contributed by atoms with E-state index in [1.807, 2.05) is 54.6 Å². The molecule has 4 nitrogen and oxygen atoms in total. The summed E-state index contributed by atoms with van der Waals surface area (Å²) in [6, 6.07) is 30.7. The number of hydrogen-bond acceptors (Lipinski definition) is 4. The average molecular weight is 407 g/mol. The summed E-state index contributed by atoms with van der Waals surface area (Å²) in [7, 11) is -1.81. The van der Waals surface area contributed by atoms with E-state index in [2.05, 4.69) is 41.3 Å². The smallest absolute Gasteiger partial charge is 0.311 e. The van der Waals surface area contributed by atoms with Gasteiger partial charge in [-0.1, -0.05) is 91.0 Å². The summed E-state index contributed by atoms with van der Waals surface area (Å²) in [5.41, 5.74) is 3.45.